The first-order chi connectivity index (χ1) is 13.9. The number of nitrogens with zero attached hydrogens (tertiary/aromatic N) is 3. The van der Waals surface area contributed by atoms with E-state index in [1.807, 2.05) is 19.9 Å². The number of hydrogen-bond acceptors (Lipinski definition) is 6. The highest BCUT2D eigenvalue weighted by Crippen LogP contribution is 2.18. The number of anilines is 3. The summed E-state index contributed by atoms with van der Waals surface area (Å²) in [5.41, 5.74) is 3.70. The molecule has 0 spiro atoms. The van der Waals surface area contributed by atoms with E-state index in [1.165, 1.54) is 24.3 Å². The summed E-state index contributed by atoms with van der Waals surface area (Å²) in [6, 6.07) is 15.1. The average molecular weight is 389 g/mol. The predicted molar refractivity (Wildman–Crippen MR) is 112 cm³/mol. The summed E-state index contributed by atoms with van der Waals surface area (Å²) in [6.45, 7) is 3.80. The molecule has 8 heteroatoms. The molecular formula is C21H19N5O3. The van der Waals surface area contributed by atoms with E-state index in [0.717, 1.165) is 17.1 Å². The molecule has 2 N–H and O–H groups in total. The summed E-state index contributed by atoms with van der Waals surface area (Å²) >= 11 is 0. The minimum absolute atomic E-state index is 0.0246. The molecule has 0 fully saturated rings. The molecule has 0 bridgehead atoms. The van der Waals surface area contributed by atoms with Crippen molar-refractivity contribution in [2.45, 2.75) is 13.8 Å². The Balaban J connectivity index is 1.61. The number of carbonyl (C=O) groups is 1. The number of amides is 1. The molecule has 2 aromatic carbocycles. The maximum absolute atomic E-state index is 12.1. The van der Waals surface area contributed by atoms with Gasteiger partial charge in [-0.15, -0.1) is 0 Å². The largest absolute Gasteiger partial charge is 0.324 e. The fourth-order valence-corrected chi connectivity index (χ4v) is 2.65. The van der Waals surface area contributed by atoms with E-state index in [4.69, 9.17) is 0 Å². The first-order valence-corrected chi connectivity index (χ1v) is 8.82. The van der Waals surface area contributed by atoms with Gasteiger partial charge in [-0.05, 0) is 55.8 Å². The minimum Gasteiger partial charge on any atom is -0.324 e. The number of nitro groups is 1. The first-order valence-electron chi connectivity index (χ1n) is 8.82. The molecule has 3 rings (SSSR count). The summed E-state index contributed by atoms with van der Waals surface area (Å²) in [5, 5.41) is 16.7. The van der Waals surface area contributed by atoms with Crippen molar-refractivity contribution in [3.05, 3.63) is 87.7 Å². The molecule has 1 amide bonds. The molecule has 8 nitrogen and oxygen atoms in total. The maximum Gasteiger partial charge on any atom is 0.270 e. The van der Waals surface area contributed by atoms with Crippen LogP contribution in [0.4, 0.5) is 23.0 Å². The van der Waals surface area contributed by atoms with Crippen molar-refractivity contribution in [2.24, 2.45) is 0 Å². The second kappa shape index (κ2) is 8.75. The van der Waals surface area contributed by atoms with Crippen LogP contribution < -0.4 is 10.6 Å². The standard InChI is InChI=1S/C21H19N5O3/c1-14-12-15(2)23-21(22-14)25-18-9-7-17(8-10-18)24-20(27)11-6-16-4-3-5-19(13-16)26(28)29/h3-13H,1-2H3,(H,24,27)(H,22,23,25)/b11-6+. The Morgan fingerprint density at radius 1 is 1.00 bits per heavy atom. The Kier molecular flexibility index (Phi) is 5.94. The number of rotatable bonds is 6. The molecule has 0 aliphatic heterocycles. The zero-order chi connectivity index (χ0) is 20.8. The molecule has 3 aromatic rings. The fraction of sp³-hybridized carbons (Fsp3) is 0.0952. The zero-order valence-electron chi connectivity index (χ0n) is 15.9. The molecule has 0 aliphatic rings. The summed E-state index contributed by atoms with van der Waals surface area (Å²) < 4.78 is 0. The summed E-state index contributed by atoms with van der Waals surface area (Å²) in [4.78, 5) is 31.1. The van der Waals surface area contributed by atoms with Gasteiger partial charge in [0.2, 0.25) is 11.9 Å². The van der Waals surface area contributed by atoms with Crippen LogP contribution in [0.25, 0.3) is 6.08 Å². The van der Waals surface area contributed by atoms with Gasteiger partial charge in [-0.2, -0.15) is 0 Å². The number of aromatic nitrogens is 2. The fourth-order valence-electron chi connectivity index (χ4n) is 2.65. The van der Waals surface area contributed by atoms with E-state index in [0.29, 0.717) is 17.2 Å². The van der Waals surface area contributed by atoms with Crippen molar-refractivity contribution in [1.82, 2.24) is 9.97 Å². The number of carbonyl (C=O) groups excluding carboxylic acids is 1. The third kappa shape index (κ3) is 5.70. The molecule has 1 aromatic heterocycles. The van der Waals surface area contributed by atoms with Crippen LogP contribution >= 0.6 is 0 Å². The van der Waals surface area contributed by atoms with Gasteiger partial charge in [0.05, 0.1) is 4.92 Å². The number of aryl methyl sites for hydroxylation is 2. The lowest BCUT2D eigenvalue weighted by molar-refractivity contribution is -0.384. The van der Waals surface area contributed by atoms with Crippen LogP contribution in [0.5, 0.6) is 0 Å². The van der Waals surface area contributed by atoms with Crippen LogP contribution in [0.15, 0.2) is 60.7 Å². The van der Waals surface area contributed by atoms with Gasteiger partial charge in [-0.1, -0.05) is 12.1 Å². The van der Waals surface area contributed by atoms with Crippen LogP contribution in [0, 0.1) is 24.0 Å². The Morgan fingerprint density at radius 2 is 1.66 bits per heavy atom. The predicted octanol–water partition coefficient (Wildman–Crippen LogP) is 4.40. The van der Waals surface area contributed by atoms with Gasteiger partial charge in [0.1, 0.15) is 0 Å². The molecule has 0 saturated carbocycles. The molecule has 1 heterocycles. The summed E-state index contributed by atoms with van der Waals surface area (Å²) in [7, 11) is 0. The molecule has 0 atom stereocenters. The van der Waals surface area contributed by atoms with E-state index in [1.54, 1.807) is 36.4 Å². The van der Waals surface area contributed by atoms with E-state index < -0.39 is 4.92 Å². The number of hydrogen-bond donors (Lipinski definition) is 2. The number of nitrogens with one attached hydrogen (secondary N) is 2. The highest BCUT2D eigenvalue weighted by Gasteiger charge is 2.05. The Bertz CT molecular complexity index is 1060. The van der Waals surface area contributed by atoms with Crippen LogP contribution in [0.3, 0.4) is 0 Å². The third-order valence-electron chi connectivity index (χ3n) is 3.90. The Morgan fingerprint density at radius 3 is 2.31 bits per heavy atom. The van der Waals surface area contributed by atoms with Gasteiger partial charge in [-0.3, -0.25) is 14.9 Å². The monoisotopic (exact) mass is 389 g/mol. The van der Waals surface area contributed by atoms with Crippen LogP contribution in [-0.2, 0) is 4.79 Å². The van der Waals surface area contributed by atoms with Crippen molar-refractivity contribution in [2.75, 3.05) is 10.6 Å². The van der Waals surface area contributed by atoms with Gasteiger partial charge in [0.25, 0.3) is 5.69 Å². The number of benzene rings is 2. The van der Waals surface area contributed by atoms with Crippen molar-refractivity contribution < 1.29 is 9.72 Å². The van der Waals surface area contributed by atoms with E-state index in [-0.39, 0.29) is 11.6 Å². The second-order valence-corrected chi connectivity index (χ2v) is 6.35. The topological polar surface area (TPSA) is 110 Å². The third-order valence-corrected chi connectivity index (χ3v) is 3.90. The lowest BCUT2D eigenvalue weighted by atomic mass is 10.2. The zero-order valence-corrected chi connectivity index (χ0v) is 15.9. The van der Waals surface area contributed by atoms with E-state index in [9.17, 15) is 14.9 Å². The maximum atomic E-state index is 12.1. The van der Waals surface area contributed by atoms with Gasteiger partial charge >= 0.3 is 0 Å². The normalized spacial score (nSPS) is 10.7. The van der Waals surface area contributed by atoms with Gasteiger partial charge < -0.3 is 10.6 Å². The molecule has 0 radical (unpaired) electrons. The van der Waals surface area contributed by atoms with Crippen LogP contribution in [-0.4, -0.2) is 20.8 Å². The highest BCUT2D eigenvalue weighted by molar-refractivity contribution is 6.02. The lowest BCUT2D eigenvalue weighted by Crippen LogP contribution is -2.07. The van der Waals surface area contributed by atoms with E-state index in [2.05, 4.69) is 20.6 Å². The molecule has 0 aliphatic carbocycles. The van der Waals surface area contributed by atoms with Gasteiger partial charge in [-0.25, -0.2) is 9.97 Å². The van der Waals surface area contributed by atoms with Crippen molar-refractivity contribution >= 4 is 35.0 Å². The Hall–Kier alpha value is -4.07. The minimum atomic E-state index is -0.476. The average Bonchev–Trinajstić information content (AvgIpc) is 2.67. The molecule has 29 heavy (non-hydrogen) atoms. The smallest absolute Gasteiger partial charge is 0.270 e. The van der Waals surface area contributed by atoms with Crippen molar-refractivity contribution in [1.29, 1.82) is 0 Å². The van der Waals surface area contributed by atoms with Gasteiger partial charge in [0.15, 0.2) is 0 Å². The Labute approximate surface area is 167 Å². The quantitative estimate of drug-likeness (QED) is 0.367. The molecule has 146 valence electrons. The van der Waals surface area contributed by atoms with Crippen molar-refractivity contribution in [3.8, 4) is 0 Å². The molecule has 0 unspecified atom stereocenters. The molecule has 0 saturated heterocycles. The lowest BCUT2D eigenvalue weighted by Gasteiger charge is -2.08. The summed E-state index contributed by atoms with van der Waals surface area (Å²) in [6.07, 6.45) is 2.85. The number of non-ortho nitro benzene ring substituents is 1. The molecular weight excluding hydrogens is 370 g/mol. The van der Waals surface area contributed by atoms with Gasteiger partial charge in [0, 0.05) is 41.0 Å². The first kappa shape index (κ1) is 19.7. The SMILES string of the molecule is Cc1cc(C)nc(Nc2ccc(NC(=O)/C=C/c3cccc([N+](=O)[O-])c3)cc2)n1. The second-order valence-electron chi connectivity index (χ2n) is 6.35. The van der Waals surface area contributed by atoms with Crippen molar-refractivity contribution in [3.63, 3.8) is 0 Å². The summed E-state index contributed by atoms with van der Waals surface area (Å²) in [5.74, 6) is 0.175. The highest BCUT2D eigenvalue weighted by atomic mass is 16.6. The van der Waals surface area contributed by atoms with Crippen LogP contribution in [0.1, 0.15) is 17.0 Å². The van der Waals surface area contributed by atoms with Crippen LogP contribution in [0.2, 0.25) is 0 Å². The van der Waals surface area contributed by atoms with E-state index >= 15 is 0 Å². The number of nitro benzene ring substituents is 1.